The van der Waals surface area contributed by atoms with E-state index in [-0.39, 0.29) is 6.10 Å². The van der Waals surface area contributed by atoms with E-state index in [0.29, 0.717) is 6.04 Å². The third-order valence-electron chi connectivity index (χ3n) is 5.28. The molecule has 0 amide bonds. The van der Waals surface area contributed by atoms with E-state index < -0.39 is 0 Å². The first-order valence-electron chi connectivity index (χ1n) is 8.16. The summed E-state index contributed by atoms with van der Waals surface area (Å²) in [4.78, 5) is 2.60. The number of nitrogens with zero attached hydrogens (tertiary/aromatic N) is 1. The zero-order valence-corrected chi connectivity index (χ0v) is 12.3. The normalized spacial score (nSPS) is 35.8. The molecule has 2 rings (SSSR count). The molecule has 0 aromatic carbocycles. The molecule has 2 fully saturated rings. The largest absolute Gasteiger partial charge is 0.391 e. The van der Waals surface area contributed by atoms with E-state index in [1.165, 1.54) is 58.0 Å². The van der Waals surface area contributed by atoms with Crippen LogP contribution in [0.4, 0.5) is 0 Å². The molecular formula is C16H31NO. The van der Waals surface area contributed by atoms with Crippen molar-refractivity contribution in [2.45, 2.75) is 77.4 Å². The standard InChI is InChI=1S/C16H31NO/c1-3-5-14-6-7-16(18)15(12-14)17-10-8-13(4-2)9-11-17/h13-16,18H,3-12H2,1-2H3. The summed E-state index contributed by atoms with van der Waals surface area (Å²) >= 11 is 0. The second-order valence-electron chi connectivity index (χ2n) is 6.49. The first kappa shape index (κ1) is 14.3. The van der Waals surface area contributed by atoms with Gasteiger partial charge in [-0.15, -0.1) is 0 Å². The zero-order chi connectivity index (χ0) is 13.0. The molecule has 1 aliphatic heterocycles. The van der Waals surface area contributed by atoms with Crippen molar-refractivity contribution in [1.82, 2.24) is 4.90 Å². The highest BCUT2D eigenvalue weighted by Crippen LogP contribution is 2.33. The van der Waals surface area contributed by atoms with Gasteiger partial charge in [-0.05, 0) is 57.0 Å². The van der Waals surface area contributed by atoms with E-state index in [0.717, 1.165) is 18.3 Å². The van der Waals surface area contributed by atoms with E-state index >= 15 is 0 Å². The molecule has 2 heteroatoms. The summed E-state index contributed by atoms with van der Waals surface area (Å²) in [5.74, 6) is 1.81. The highest BCUT2D eigenvalue weighted by Gasteiger charge is 2.34. The lowest BCUT2D eigenvalue weighted by molar-refractivity contribution is -0.0123. The molecule has 2 aliphatic rings. The van der Waals surface area contributed by atoms with Gasteiger partial charge in [0.15, 0.2) is 0 Å². The van der Waals surface area contributed by atoms with Crippen LogP contribution in [0, 0.1) is 11.8 Å². The van der Waals surface area contributed by atoms with Crippen molar-refractivity contribution in [3.8, 4) is 0 Å². The van der Waals surface area contributed by atoms with Crippen LogP contribution in [-0.2, 0) is 0 Å². The Morgan fingerprint density at radius 2 is 1.72 bits per heavy atom. The average molecular weight is 253 g/mol. The van der Waals surface area contributed by atoms with Crippen molar-refractivity contribution in [2.24, 2.45) is 11.8 Å². The van der Waals surface area contributed by atoms with Crippen molar-refractivity contribution in [3.05, 3.63) is 0 Å². The van der Waals surface area contributed by atoms with Crippen molar-refractivity contribution >= 4 is 0 Å². The molecule has 1 saturated carbocycles. The minimum Gasteiger partial charge on any atom is -0.391 e. The van der Waals surface area contributed by atoms with Crippen LogP contribution in [-0.4, -0.2) is 35.2 Å². The van der Waals surface area contributed by atoms with Crippen molar-refractivity contribution in [1.29, 1.82) is 0 Å². The van der Waals surface area contributed by atoms with Crippen LogP contribution in [0.3, 0.4) is 0 Å². The maximum Gasteiger partial charge on any atom is 0.0695 e. The van der Waals surface area contributed by atoms with Gasteiger partial charge in [0.25, 0.3) is 0 Å². The van der Waals surface area contributed by atoms with Gasteiger partial charge in [0.1, 0.15) is 0 Å². The maximum absolute atomic E-state index is 10.3. The summed E-state index contributed by atoms with van der Waals surface area (Å²) in [5.41, 5.74) is 0. The number of hydrogen-bond donors (Lipinski definition) is 1. The number of piperidine rings is 1. The summed E-state index contributed by atoms with van der Waals surface area (Å²) in [7, 11) is 0. The number of likely N-dealkylation sites (tertiary alicyclic amines) is 1. The van der Waals surface area contributed by atoms with Crippen LogP contribution in [0.15, 0.2) is 0 Å². The molecule has 1 N–H and O–H groups in total. The van der Waals surface area contributed by atoms with Gasteiger partial charge in [-0.1, -0.05) is 33.1 Å². The molecule has 106 valence electrons. The second kappa shape index (κ2) is 6.91. The Morgan fingerprint density at radius 1 is 1.00 bits per heavy atom. The lowest BCUT2D eigenvalue weighted by Gasteiger charge is -2.43. The van der Waals surface area contributed by atoms with E-state index in [2.05, 4.69) is 18.7 Å². The van der Waals surface area contributed by atoms with Crippen LogP contribution >= 0.6 is 0 Å². The zero-order valence-electron chi connectivity index (χ0n) is 12.3. The molecule has 3 atom stereocenters. The van der Waals surface area contributed by atoms with E-state index in [4.69, 9.17) is 0 Å². The second-order valence-corrected chi connectivity index (χ2v) is 6.49. The summed E-state index contributed by atoms with van der Waals surface area (Å²) < 4.78 is 0. The van der Waals surface area contributed by atoms with Gasteiger partial charge in [0.2, 0.25) is 0 Å². The Hall–Kier alpha value is -0.0800. The van der Waals surface area contributed by atoms with Crippen molar-refractivity contribution in [3.63, 3.8) is 0 Å². The molecule has 1 saturated heterocycles. The third kappa shape index (κ3) is 3.48. The van der Waals surface area contributed by atoms with Crippen LogP contribution in [0.1, 0.15) is 65.2 Å². The van der Waals surface area contributed by atoms with Gasteiger partial charge >= 0.3 is 0 Å². The van der Waals surface area contributed by atoms with Crippen LogP contribution in [0.5, 0.6) is 0 Å². The van der Waals surface area contributed by atoms with Crippen LogP contribution in [0.25, 0.3) is 0 Å². The number of hydrogen-bond acceptors (Lipinski definition) is 2. The van der Waals surface area contributed by atoms with Gasteiger partial charge in [-0.3, -0.25) is 4.90 Å². The molecule has 2 nitrogen and oxygen atoms in total. The van der Waals surface area contributed by atoms with E-state index in [1.54, 1.807) is 0 Å². The number of aliphatic hydroxyl groups excluding tert-OH is 1. The average Bonchev–Trinajstić information content (AvgIpc) is 2.41. The topological polar surface area (TPSA) is 23.5 Å². The molecule has 1 heterocycles. The SMILES string of the molecule is CCCC1CCC(O)C(N2CCC(CC)CC2)C1. The van der Waals surface area contributed by atoms with Crippen molar-refractivity contribution < 1.29 is 5.11 Å². The lowest BCUT2D eigenvalue weighted by Crippen LogP contribution is -2.50. The molecule has 0 radical (unpaired) electrons. The maximum atomic E-state index is 10.3. The van der Waals surface area contributed by atoms with Crippen molar-refractivity contribution in [2.75, 3.05) is 13.1 Å². The highest BCUT2D eigenvalue weighted by molar-refractivity contribution is 4.88. The summed E-state index contributed by atoms with van der Waals surface area (Å²) in [6, 6.07) is 0.466. The molecule has 3 unspecified atom stereocenters. The molecule has 0 bridgehead atoms. The molecule has 1 aliphatic carbocycles. The predicted molar refractivity (Wildman–Crippen MR) is 76.6 cm³/mol. The fourth-order valence-electron chi connectivity index (χ4n) is 3.97. The van der Waals surface area contributed by atoms with Crippen LogP contribution in [0.2, 0.25) is 0 Å². The predicted octanol–water partition coefficient (Wildman–Crippen LogP) is 3.44. The lowest BCUT2D eigenvalue weighted by atomic mass is 9.80. The Kier molecular flexibility index (Phi) is 5.50. The van der Waals surface area contributed by atoms with Gasteiger partial charge in [-0.2, -0.15) is 0 Å². The van der Waals surface area contributed by atoms with E-state index in [9.17, 15) is 5.11 Å². The highest BCUT2D eigenvalue weighted by atomic mass is 16.3. The number of aliphatic hydroxyl groups is 1. The summed E-state index contributed by atoms with van der Waals surface area (Å²) in [5, 5.41) is 10.3. The van der Waals surface area contributed by atoms with Crippen LogP contribution < -0.4 is 0 Å². The monoisotopic (exact) mass is 253 g/mol. The summed E-state index contributed by atoms with van der Waals surface area (Å²) in [6.07, 6.45) is 10.1. The molecule has 0 spiro atoms. The smallest absolute Gasteiger partial charge is 0.0695 e. The molecule has 18 heavy (non-hydrogen) atoms. The first-order valence-corrected chi connectivity index (χ1v) is 8.16. The quantitative estimate of drug-likeness (QED) is 0.829. The Labute approximate surface area is 113 Å². The minimum atomic E-state index is -0.0590. The van der Waals surface area contributed by atoms with Gasteiger partial charge < -0.3 is 5.11 Å². The third-order valence-corrected chi connectivity index (χ3v) is 5.28. The fraction of sp³-hybridized carbons (Fsp3) is 1.00. The fourth-order valence-corrected chi connectivity index (χ4v) is 3.97. The van der Waals surface area contributed by atoms with Gasteiger partial charge in [0.05, 0.1) is 6.10 Å². The van der Waals surface area contributed by atoms with E-state index in [1.807, 2.05) is 0 Å². The molecule has 0 aromatic heterocycles. The minimum absolute atomic E-state index is 0.0590. The Bertz CT molecular complexity index is 235. The first-order chi connectivity index (χ1) is 8.74. The van der Waals surface area contributed by atoms with Gasteiger partial charge in [-0.25, -0.2) is 0 Å². The Balaban J connectivity index is 1.86. The molecule has 0 aromatic rings. The molecular weight excluding hydrogens is 222 g/mol. The summed E-state index contributed by atoms with van der Waals surface area (Å²) in [6.45, 7) is 7.04. The van der Waals surface area contributed by atoms with Gasteiger partial charge in [0, 0.05) is 6.04 Å². The number of rotatable bonds is 4. The Morgan fingerprint density at radius 3 is 2.33 bits per heavy atom.